The van der Waals surface area contributed by atoms with Gasteiger partial charge < -0.3 is 5.73 Å². The molecule has 0 aliphatic heterocycles. The lowest BCUT2D eigenvalue weighted by molar-refractivity contribution is 0.496. The summed E-state index contributed by atoms with van der Waals surface area (Å²) in [7, 11) is 1.69. The molecule has 2 heterocycles. The van der Waals surface area contributed by atoms with Crippen LogP contribution in [0.2, 0.25) is 0 Å². The molecule has 0 amide bonds. The number of aromatic nitrogens is 3. The maximum absolute atomic E-state index is 14.0. The second-order valence-corrected chi connectivity index (χ2v) is 5.08. The van der Waals surface area contributed by atoms with Crippen LogP contribution < -0.4 is 5.73 Å². The summed E-state index contributed by atoms with van der Waals surface area (Å²) in [4.78, 5) is 3.94. The van der Waals surface area contributed by atoms with Gasteiger partial charge in [-0.25, -0.2) is 18.2 Å². The van der Waals surface area contributed by atoms with Crippen LogP contribution in [0.1, 0.15) is 5.56 Å². The van der Waals surface area contributed by atoms with Crippen molar-refractivity contribution in [2.24, 2.45) is 7.05 Å². The first kappa shape index (κ1) is 15.6. The van der Waals surface area contributed by atoms with E-state index in [9.17, 15) is 18.4 Å². The van der Waals surface area contributed by atoms with E-state index in [0.717, 1.165) is 0 Å². The van der Waals surface area contributed by atoms with Crippen molar-refractivity contribution in [3.63, 3.8) is 0 Å². The summed E-state index contributed by atoms with van der Waals surface area (Å²) in [6.07, 6.45) is 3.14. The van der Waals surface area contributed by atoms with Crippen LogP contribution in [0.3, 0.4) is 0 Å². The minimum atomic E-state index is -1.30. The molecular formula is C16H10F3N5. The fourth-order valence-corrected chi connectivity index (χ4v) is 2.33. The molecule has 0 unspecified atom stereocenters. The molecule has 0 bridgehead atoms. The number of nitriles is 1. The van der Waals surface area contributed by atoms with Gasteiger partial charge in [-0.15, -0.1) is 0 Å². The Kier molecular flexibility index (Phi) is 3.69. The van der Waals surface area contributed by atoms with Gasteiger partial charge in [0.1, 0.15) is 23.3 Å². The molecule has 2 N–H and O–H groups in total. The predicted octanol–water partition coefficient (Wildman–Crippen LogP) is 3.02. The van der Waals surface area contributed by atoms with Crippen molar-refractivity contribution in [2.75, 3.05) is 5.73 Å². The Labute approximate surface area is 134 Å². The minimum Gasteiger partial charge on any atom is -0.383 e. The van der Waals surface area contributed by atoms with Gasteiger partial charge in [-0.3, -0.25) is 4.68 Å². The highest BCUT2D eigenvalue weighted by Crippen LogP contribution is 2.32. The highest BCUT2D eigenvalue weighted by atomic mass is 19.2. The van der Waals surface area contributed by atoms with E-state index < -0.39 is 17.5 Å². The van der Waals surface area contributed by atoms with Crippen LogP contribution in [0.5, 0.6) is 0 Å². The Morgan fingerprint density at radius 2 is 1.79 bits per heavy atom. The number of halogens is 3. The largest absolute Gasteiger partial charge is 0.383 e. The van der Waals surface area contributed by atoms with Crippen LogP contribution >= 0.6 is 0 Å². The molecule has 0 saturated carbocycles. The first-order chi connectivity index (χ1) is 11.4. The molecule has 1 aromatic carbocycles. The van der Waals surface area contributed by atoms with Gasteiger partial charge in [-0.1, -0.05) is 0 Å². The number of benzene rings is 1. The third-order valence-electron chi connectivity index (χ3n) is 3.46. The van der Waals surface area contributed by atoms with E-state index in [1.807, 2.05) is 6.07 Å². The quantitative estimate of drug-likeness (QED) is 0.733. The first-order valence-corrected chi connectivity index (χ1v) is 6.75. The molecule has 0 saturated heterocycles. The summed E-state index contributed by atoms with van der Waals surface area (Å²) in [6.45, 7) is 0. The van der Waals surface area contributed by atoms with E-state index in [2.05, 4.69) is 10.1 Å². The van der Waals surface area contributed by atoms with Crippen LogP contribution in [0.4, 0.5) is 19.0 Å². The lowest BCUT2D eigenvalue weighted by atomic mass is 10.0. The third kappa shape index (κ3) is 2.56. The standard InChI is InChI=1S/C16H10F3N5/c1-24-7-8(6-22-24)9-3-15(23-16(21)11(9)5-20)10-2-13(18)14(19)4-12(10)17/h2-4,6-7H,1H3,(H2,21,23). The number of aryl methyl sites for hydroxylation is 1. The number of nitrogen functional groups attached to an aromatic ring is 1. The fourth-order valence-electron chi connectivity index (χ4n) is 2.33. The molecule has 3 aromatic rings. The number of hydrogen-bond acceptors (Lipinski definition) is 4. The van der Waals surface area contributed by atoms with Gasteiger partial charge in [0.25, 0.3) is 0 Å². The molecule has 0 atom stereocenters. The predicted molar refractivity (Wildman–Crippen MR) is 80.9 cm³/mol. The highest BCUT2D eigenvalue weighted by molar-refractivity contribution is 5.79. The van der Waals surface area contributed by atoms with Crippen LogP contribution in [-0.2, 0) is 7.05 Å². The van der Waals surface area contributed by atoms with Crippen molar-refractivity contribution >= 4 is 5.82 Å². The number of hydrogen-bond donors (Lipinski definition) is 1. The zero-order valence-corrected chi connectivity index (χ0v) is 12.4. The molecule has 0 radical (unpaired) electrons. The molecule has 24 heavy (non-hydrogen) atoms. The SMILES string of the molecule is Cn1cc(-c2cc(-c3cc(F)c(F)cc3F)nc(N)c2C#N)cn1. The number of pyridine rings is 1. The van der Waals surface area contributed by atoms with Crippen LogP contribution in [0.25, 0.3) is 22.4 Å². The number of nitrogens with zero attached hydrogens (tertiary/aromatic N) is 4. The van der Waals surface area contributed by atoms with Gasteiger partial charge >= 0.3 is 0 Å². The molecule has 0 spiro atoms. The zero-order chi connectivity index (χ0) is 17.4. The second-order valence-electron chi connectivity index (χ2n) is 5.08. The van der Waals surface area contributed by atoms with E-state index in [-0.39, 0.29) is 22.6 Å². The van der Waals surface area contributed by atoms with Gasteiger partial charge in [0.15, 0.2) is 11.6 Å². The van der Waals surface area contributed by atoms with E-state index in [1.54, 1.807) is 13.2 Å². The van der Waals surface area contributed by atoms with E-state index >= 15 is 0 Å². The minimum absolute atomic E-state index is 0.0123. The Bertz CT molecular complexity index is 988. The molecule has 3 rings (SSSR count). The van der Waals surface area contributed by atoms with Gasteiger partial charge in [-0.2, -0.15) is 10.4 Å². The number of anilines is 1. The Hall–Kier alpha value is -3.34. The summed E-state index contributed by atoms with van der Waals surface area (Å²) < 4.78 is 42.1. The second kappa shape index (κ2) is 5.70. The third-order valence-corrected chi connectivity index (χ3v) is 3.46. The monoisotopic (exact) mass is 329 g/mol. The lowest BCUT2D eigenvalue weighted by Crippen LogP contribution is -2.01. The van der Waals surface area contributed by atoms with Crippen molar-refractivity contribution in [3.8, 4) is 28.5 Å². The Balaban J connectivity index is 2.27. The van der Waals surface area contributed by atoms with Gasteiger partial charge in [0, 0.05) is 36.0 Å². The fraction of sp³-hybridized carbons (Fsp3) is 0.0625. The van der Waals surface area contributed by atoms with E-state index in [4.69, 9.17) is 5.73 Å². The summed E-state index contributed by atoms with van der Waals surface area (Å²) in [5, 5.41) is 13.3. The van der Waals surface area contributed by atoms with Gasteiger partial charge in [0.2, 0.25) is 0 Å². The van der Waals surface area contributed by atoms with Gasteiger partial charge in [-0.05, 0) is 12.1 Å². The van der Waals surface area contributed by atoms with Crippen molar-refractivity contribution < 1.29 is 13.2 Å². The summed E-state index contributed by atoms with van der Waals surface area (Å²) in [5.74, 6) is -3.63. The van der Waals surface area contributed by atoms with Crippen molar-refractivity contribution in [1.82, 2.24) is 14.8 Å². The molecule has 5 nitrogen and oxygen atoms in total. The topological polar surface area (TPSA) is 80.5 Å². The van der Waals surface area contributed by atoms with E-state index in [1.165, 1.54) is 16.9 Å². The summed E-state index contributed by atoms with van der Waals surface area (Å²) >= 11 is 0. The van der Waals surface area contributed by atoms with E-state index in [0.29, 0.717) is 23.3 Å². The lowest BCUT2D eigenvalue weighted by Gasteiger charge is -2.09. The molecule has 8 heteroatoms. The maximum Gasteiger partial charge on any atom is 0.161 e. The molecule has 2 aromatic heterocycles. The maximum atomic E-state index is 14.0. The van der Waals surface area contributed by atoms with Crippen LogP contribution in [-0.4, -0.2) is 14.8 Å². The zero-order valence-electron chi connectivity index (χ0n) is 12.4. The Morgan fingerprint density at radius 1 is 1.08 bits per heavy atom. The molecule has 0 fully saturated rings. The summed E-state index contributed by atoms with van der Waals surface area (Å²) in [5.41, 5.74) is 6.54. The van der Waals surface area contributed by atoms with Crippen LogP contribution in [0.15, 0.2) is 30.6 Å². The van der Waals surface area contributed by atoms with Gasteiger partial charge in [0.05, 0.1) is 11.9 Å². The molecule has 0 aliphatic carbocycles. The van der Waals surface area contributed by atoms with Crippen molar-refractivity contribution in [2.45, 2.75) is 0 Å². The molecule has 120 valence electrons. The smallest absolute Gasteiger partial charge is 0.161 e. The average Bonchev–Trinajstić information content (AvgIpc) is 2.96. The van der Waals surface area contributed by atoms with Crippen LogP contribution in [0, 0.1) is 28.8 Å². The summed E-state index contributed by atoms with van der Waals surface area (Å²) in [6, 6.07) is 4.46. The first-order valence-electron chi connectivity index (χ1n) is 6.75. The average molecular weight is 329 g/mol. The van der Waals surface area contributed by atoms with Crippen molar-refractivity contribution in [3.05, 3.63) is 53.6 Å². The van der Waals surface area contributed by atoms with Crippen molar-refractivity contribution in [1.29, 1.82) is 5.26 Å². The molecular weight excluding hydrogens is 319 g/mol. The number of nitrogens with two attached hydrogens (primary N) is 1. The highest BCUT2D eigenvalue weighted by Gasteiger charge is 2.18. The Morgan fingerprint density at radius 3 is 2.42 bits per heavy atom. The normalized spacial score (nSPS) is 10.6. The molecule has 0 aliphatic rings. The number of rotatable bonds is 2.